The summed E-state index contributed by atoms with van der Waals surface area (Å²) in [4.78, 5) is 4.42. The molecule has 0 aliphatic carbocycles. The molecule has 94 valence electrons. The predicted molar refractivity (Wildman–Crippen MR) is 67.7 cm³/mol. The van der Waals surface area contributed by atoms with Gasteiger partial charge in [-0.3, -0.25) is 0 Å². The van der Waals surface area contributed by atoms with Crippen LogP contribution >= 0.6 is 0 Å². The van der Waals surface area contributed by atoms with E-state index in [0.29, 0.717) is 0 Å². The normalized spacial score (nSPS) is 14.5. The van der Waals surface area contributed by atoms with E-state index in [-0.39, 0.29) is 5.82 Å². The molecule has 18 heavy (non-hydrogen) atoms. The first kappa shape index (κ1) is 11.4. The van der Waals surface area contributed by atoms with Crippen LogP contribution in [-0.2, 0) is 25.9 Å². The van der Waals surface area contributed by atoms with E-state index < -0.39 is 0 Å². The minimum absolute atomic E-state index is 0.176. The Morgan fingerprint density at radius 1 is 1.28 bits per heavy atom. The van der Waals surface area contributed by atoms with Crippen LogP contribution in [0.4, 0.5) is 4.39 Å². The van der Waals surface area contributed by atoms with Crippen molar-refractivity contribution in [1.82, 2.24) is 14.9 Å². The minimum Gasteiger partial charge on any atom is -0.334 e. The first-order valence-corrected chi connectivity index (χ1v) is 6.31. The topological polar surface area (TPSA) is 29.9 Å². The summed E-state index contributed by atoms with van der Waals surface area (Å²) in [6, 6.07) is 6.73. The van der Waals surface area contributed by atoms with Crippen molar-refractivity contribution in [3.05, 3.63) is 53.4 Å². The first-order chi connectivity index (χ1) is 8.83. The molecule has 2 heterocycles. The van der Waals surface area contributed by atoms with Gasteiger partial charge in [0.1, 0.15) is 5.82 Å². The third-order valence-electron chi connectivity index (χ3n) is 3.42. The number of nitrogens with one attached hydrogen (secondary N) is 1. The quantitative estimate of drug-likeness (QED) is 0.895. The van der Waals surface area contributed by atoms with Gasteiger partial charge in [0.15, 0.2) is 0 Å². The van der Waals surface area contributed by atoms with Crippen molar-refractivity contribution in [2.45, 2.75) is 25.9 Å². The van der Waals surface area contributed by atoms with E-state index in [1.54, 1.807) is 0 Å². The van der Waals surface area contributed by atoms with Crippen LogP contribution in [0.15, 0.2) is 30.6 Å². The van der Waals surface area contributed by atoms with Crippen molar-refractivity contribution < 1.29 is 4.39 Å². The highest BCUT2D eigenvalue weighted by molar-refractivity contribution is 5.18. The monoisotopic (exact) mass is 245 g/mol. The highest BCUT2D eigenvalue weighted by Crippen LogP contribution is 2.13. The smallest absolute Gasteiger partial charge is 0.123 e. The van der Waals surface area contributed by atoms with E-state index in [9.17, 15) is 4.39 Å². The molecule has 1 aliphatic heterocycles. The van der Waals surface area contributed by atoms with Crippen LogP contribution in [0.2, 0.25) is 0 Å². The number of rotatable bonds is 3. The molecule has 0 fully saturated rings. The second kappa shape index (κ2) is 4.90. The number of fused-ring (bicyclic) bond motifs is 1. The van der Waals surface area contributed by atoms with Crippen LogP contribution in [0.25, 0.3) is 0 Å². The molecule has 0 unspecified atom stereocenters. The molecule has 1 aliphatic rings. The lowest BCUT2D eigenvalue weighted by atomic mass is 10.1. The zero-order chi connectivity index (χ0) is 12.4. The van der Waals surface area contributed by atoms with Crippen molar-refractivity contribution in [3.8, 4) is 0 Å². The number of aromatic nitrogens is 2. The highest BCUT2D eigenvalue weighted by atomic mass is 19.1. The molecule has 0 radical (unpaired) electrons. The molecule has 3 rings (SSSR count). The van der Waals surface area contributed by atoms with E-state index in [4.69, 9.17) is 0 Å². The largest absolute Gasteiger partial charge is 0.334 e. The maximum Gasteiger partial charge on any atom is 0.123 e. The second-order valence-corrected chi connectivity index (χ2v) is 4.63. The molecule has 2 aromatic rings. The van der Waals surface area contributed by atoms with Gasteiger partial charge in [-0.15, -0.1) is 0 Å². The van der Waals surface area contributed by atoms with E-state index in [1.807, 2.05) is 18.5 Å². The van der Waals surface area contributed by atoms with Crippen LogP contribution < -0.4 is 5.32 Å². The number of imidazole rings is 1. The third kappa shape index (κ3) is 2.29. The molecule has 4 heteroatoms. The molecule has 1 N–H and O–H groups in total. The summed E-state index contributed by atoms with van der Waals surface area (Å²) >= 11 is 0. The Hall–Kier alpha value is -1.68. The highest BCUT2D eigenvalue weighted by Gasteiger charge is 2.14. The average molecular weight is 245 g/mol. The van der Waals surface area contributed by atoms with Crippen molar-refractivity contribution in [3.63, 3.8) is 0 Å². The van der Waals surface area contributed by atoms with Gasteiger partial charge in [-0.05, 0) is 24.1 Å². The van der Waals surface area contributed by atoms with Gasteiger partial charge in [0, 0.05) is 31.7 Å². The van der Waals surface area contributed by atoms with Crippen molar-refractivity contribution >= 4 is 0 Å². The molecule has 0 bridgehead atoms. The third-order valence-corrected chi connectivity index (χ3v) is 3.42. The molecular formula is C14H16FN3. The molecule has 0 saturated carbocycles. The number of aryl methyl sites for hydroxylation is 2. The molecule has 3 nitrogen and oxygen atoms in total. The summed E-state index contributed by atoms with van der Waals surface area (Å²) in [5.74, 6) is -0.176. The number of hydrogen-bond donors (Lipinski definition) is 1. The molecule has 0 amide bonds. The summed E-state index contributed by atoms with van der Waals surface area (Å²) in [5, 5.41) is 3.32. The fraction of sp³-hybridized carbons (Fsp3) is 0.357. The van der Waals surface area contributed by atoms with Crippen molar-refractivity contribution in [2.24, 2.45) is 0 Å². The van der Waals surface area contributed by atoms with E-state index in [2.05, 4.69) is 14.9 Å². The number of halogens is 1. The summed E-state index contributed by atoms with van der Waals surface area (Å²) in [6.07, 6.45) is 3.87. The molecule has 1 aromatic heterocycles. The fourth-order valence-electron chi connectivity index (χ4n) is 2.39. The van der Waals surface area contributed by atoms with E-state index in [0.717, 1.165) is 38.0 Å². The number of benzene rings is 1. The maximum atomic E-state index is 12.8. The van der Waals surface area contributed by atoms with Crippen LogP contribution in [0.3, 0.4) is 0 Å². The Morgan fingerprint density at radius 2 is 2.11 bits per heavy atom. The Morgan fingerprint density at radius 3 is 2.94 bits per heavy atom. The number of nitrogens with zero attached hydrogens (tertiary/aromatic N) is 2. The Kier molecular flexibility index (Phi) is 3.11. The maximum absolute atomic E-state index is 12.8. The van der Waals surface area contributed by atoms with Crippen LogP contribution in [0.5, 0.6) is 0 Å². The summed E-state index contributed by atoms with van der Waals surface area (Å²) in [6.45, 7) is 2.81. The van der Waals surface area contributed by atoms with Gasteiger partial charge in [0.05, 0.1) is 12.0 Å². The molecule has 0 saturated heterocycles. The SMILES string of the molecule is Fc1ccc(CCn2cnc3c2CCNC3)cc1. The minimum atomic E-state index is -0.176. The van der Waals surface area contributed by atoms with Gasteiger partial charge in [0.25, 0.3) is 0 Å². The zero-order valence-electron chi connectivity index (χ0n) is 10.2. The average Bonchev–Trinajstić information content (AvgIpc) is 2.82. The molecule has 0 atom stereocenters. The number of hydrogen-bond acceptors (Lipinski definition) is 2. The van der Waals surface area contributed by atoms with Crippen LogP contribution in [-0.4, -0.2) is 16.1 Å². The molecular weight excluding hydrogens is 229 g/mol. The Balaban J connectivity index is 1.70. The summed E-state index contributed by atoms with van der Waals surface area (Å²) in [5.41, 5.74) is 3.67. The lowest BCUT2D eigenvalue weighted by molar-refractivity contribution is 0.585. The second-order valence-electron chi connectivity index (χ2n) is 4.63. The summed E-state index contributed by atoms with van der Waals surface area (Å²) < 4.78 is 15.0. The zero-order valence-corrected chi connectivity index (χ0v) is 10.2. The van der Waals surface area contributed by atoms with Crippen LogP contribution in [0.1, 0.15) is 17.0 Å². The van der Waals surface area contributed by atoms with Gasteiger partial charge >= 0.3 is 0 Å². The van der Waals surface area contributed by atoms with Crippen molar-refractivity contribution in [1.29, 1.82) is 0 Å². The fourth-order valence-corrected chi connectivity index (χ4v) is 2.39. The standard InChI is InChI=1S/C14H16FN3/c15-12-3-1-11(2-4-12)6-8-18-10-17-13-9-16-7-5-14(13)18/h1-4,10,16H,5-9H2. The van der Waals surface area contributed by atoms with Crippen molar-refractivity contribution in [2.75, 3.05) is 6.54 Å². The lowest BCUT2D eigenvalue weighted by Crippen LogP contribution is -2.25. The molecule has 1 aromatic carbocycles. The Labute approximate surface area is 106 Å². The lowest BCUT2D eigenvalue weighted by Gasteiger charge is -2.15. The van der Waals surface area contributed by atoms with Gasteiger partial charge in [-0.25, -0.2) is 9.37 Å². The van der Waals surface area contributed by atoms with E-state index >= 15 is 0 Å². The summed E-state index contributed by atoms with van der Waals surface area (Å²) in [7, 11) is 0. The van der Waals surface area contributed by atoms with Gasteiger partial charge in [0.2, 0.25) is 0 Å². The predicted octanol–water partition coefficient (Wildman–Crippen LogP) is 1.91. The van der Waals surface area contributed by atoms with Gasteiger partial charge in [-0.2, -0.15) is 0 Å². The van der Waals surface area contributed by atoms with Gasteiger partial charge < -0.3 is 9.88 Å². The molecule has 0 spiro atoms. The Bertz CT molecular complexity index is 530. The van der Waals surface area contributed by atoms with Gasteiger partial charge in [-0.1, -0.05) is 12.1 Å². The van der Waals surface area contributed by atoms with E-state index in [1.165, 1.54) is 23.5 Å². The first-order valence-electron chi connectivity index (χ1n) is 6.31. The van der Waals surface area contributed by atoms with Crippen LogP contribution in [0, 0.1) is 5.82 Å².